The van der Waals surface area contributed by atoms with Gasteiger partial charge in [-0.3, -0.25) is 4.79 Å². The summed E-state index contributed by atoms with van der Waals surface area (Å²) in [6, 6.07) is 0. The van der Waals surface area contributed by atoms with E-state index in [-0.39, 0.29) is 24.6 Å². The molecule has 0 bridgehead atoms. The third-order valence-electron chi connectivity index (χ3n) is 1.98. The standard InChI is InChI=1S/C10H14N4O3/c1-2-13-9(15)5-11-4-8-7(10(16)17)3-12-6-14-8/h3,6,11H,2,4-5H2,1H3,(H,13,15)(H,16,17). The lowest BCUT2D eigenvalue weighted by Crippen LogP contribution is -2.33. The lowest BCUT2D eigenvalue weighted by atomic mass is 10.2. The minimum Gasteiger partial charge on any atom is -0.478 e. The summed E-state index contributed by atoms with van der Waals surface area (Å²) in [5.41, 5.74) is 0.396. The van der Waals surface area contributed by atoms with Gasteiger partial charge in [0.05, 0.1) is 12.2 Å². The van der Waals surface area contributed by atoms with Crippen LogP contribution in [-0.4, -0.2) is 40.0 Å². The van der Waals surface area contributed by atoms with Crippen LogP contribution >= 0.6 is 0 Å². The van der Waals surface area contributed by atoms with E-state index in [1.807, 2.05) is 6.92 Å². The molecule has 1 heterocycles. The highest BCUT2D eigenvalue weighted by molar-refractivity contribution is 5.88. The second kappa shape index (κ2) is 6.54. The number of aromatic nitrogens is 2. The van der Waals surface area contributed by atoms with Crippen molar-refractivity contribution in [3.05, 3.63) is 23.8 Å². The molecule has 0 spiro atoms. The summed E-state index contributed by atoms with van der Waals surface area (Å²) in [6.45, 7) is 2.72. The van der Waals surface area contributed by atoms with Crippen molar-refractivity contribution < 1.29 is 14.7 Å². The number of carbonyl (C=O) groups is 2. The Bertz CT molecular complexity index is 408. The Morgan fingerprint density at radius 3 is 2.88 bits per heavy atom. The van der Waals surface area contributed by atoms with Crippen LogP contribution in [0.5, 0.6) is 0 Å². The molecule has 7 nitrogen and oxygen atoms in total. The quantitative estimate of drug-likeness (QED) is 0.611. The summed E-state index contributed by atoms with van der Waals surface area (Å²) in [7, 11) is 0. The van der Waals surface area contributed by atoms with Gasteiger partial charge < -0.3 is 15.7 Å². The average Bonchev–Trinajstić information content (AvgIpc) is 2.30. The number of hydrogen-bond acceptors (Lipinski definition) is 5. The molecule has 0 saturated heterocycles. The average molecular weight is 238 g/mol. The molecule has 1 amide bonds. The minimum absolute atomic E-state index is 0.0379. The molecular formula is C10H14N4O3. The molecule has 0 unspecified atom stereocenters. The Labute approximate surface area is 98.3 Å². The molecule has 0 atom stereocenters. The highest BCUT2D eigenvalue weighted by Gasteiger charge is 2.11. The fourth-order valence-corrected chi connectivity index (χ4v) is 1.23. The predicted octanol–water partition coefficient (Wildman–Crippen LogP) is -0.599. The van der Waals surface area contributed by atoms with E-state index in [2.05, 4.69) is 20.6 Å². The molecule has 7 heteroatoms. The SMILES string of the molecule is CCNC(=O)CNCc1ncncc1C(=O)O. The molecule has 0 aliphatic rings. The number of carboxylic acids is 1. The van der Waals surface area contributed by atoms with Gasteiger partial charge in [-0.05, 0) is 6.92 Å². The second-order valence-corrected chi connectivity index (χ2v) is 3.25. The van der Waals surface area contributed by atoms with Crippen LogP contribution in [0.15, 0.2) is 12.5 Å². The largest absolute Gasteiger partial charge is 0.478 e. The Morgan fingerprint density at radius 2 is 2.24 bits per heavy atom. The molecule has 92 valence electrons. The van der Waals surface area contributed by atoms with Crippen LogP contribution in [0, 0.1) is 0 Å². The Hall–Kier alpha value is -2.02. The maximum atomic E-state index is 11.1. The molecule has 1 rings (SSSR count). The zero-order valence-electron chi connectivity index (χ0n) is 9.43. The number of hydrogen-bond donors (Lipinski definition) is 3. The normalized spacial score (nSPS) is 9.94. The van der Waals surface area contributed by atoms with Gasteiger partial charge in [0.25, 0.3) is 0 Å². The van der Waals surface area contributed by atoms with Crippen molar-refractivity contribution >= 4 is 11.9 Å². The first-order valence-electron chi connectivity index (χ1n) is 5.14. The third-order valence-corrected chi connectivity index (χ3v) is 1.98. The monoisotopic (exact) mass is 238 g/mol. The van der Waals surface area contributed by atoms with Crippen molar-refractivity contribution in [2.75, 3.05) is 13.1 Å². The van der Waals surface area contributed by atoms with Gasteiger partial charge in [0.1, 0.15) is 11.9 Å². The Balaban J connectivity index is 2.52. The molecule has 0 saturated carbocycles. The van der Waals surface area contributed by atoms with E-state index in [1.165, 1.54) is 12.5 Å². The zero-order chi connectivity index (χ0) is 12.7. The first kappa shape index (κ1) is 13.0. The predicted molar refractivity (Wildman–Crippen MR) is 59.4 cm³/mol. The number of amides is 1. The van der Waals surface area contributed by atoms with E-state index >= 15 is 0 Å². The second-order valence-electron chi connectivity index (χ2n) is 3.25. The van der Waals surface area contributed by atoms with Crippen LogP contribution in [0.3, 0.4) is 0 Å². The van der Waals surface area contributed by atoms with E-state index in [1.54, 1.807) is 0 Å². The first-order valence-corrected chi connectivity index (χ1v) is 5.14. The minimum atomic E-state index is -1.08. The van der Waals surface area contributed by atoms with E-state index in [0.717, 1.165) is 0 Å². The first-order chi connectivity index (χ1) is 8.15. The van der Waals surface area contributed by atoms with Gasteiger partial charge in [0.15, 0.2) is 0 Å². The van der Waals surface area contributed by atoms with E-state index in [4.69, 9.17) is 5.11 Å². The van der Waals surface area contributed by atoms with Crippen LogP contribution in [0.1, 0.15) is 23.0 Å². The van der Waals surface area contributed by atoms with Crippen LogP contribution in [0.2, 0.25) is 0 Å². The smallest absolute Gasteiger partial charge is 0.339 e. The van der Waals surface area contributed by atoms with Crippen molar-refractivity contribution in [1.82, 2.24) is 20.6 Å². The van der Waals surface area contributed by atoms with Crippen molar-refractivity contribution in [3.63, 3.8) is 0 Å². The van der Waals surface area contributed by atoms with E-state index in [0.29, 0.717) is 12.2 Å². The van der Waals surface area contributed by atoms with Gasteiger partial charge in [-0.2, -0.15) is 0 Å². The third kappa shape index (κ3) is 4.15. The van der Waals surface area contributed by atoms with Gasteiger partial charge in [-0.25, -0.2) is 14.8 Å². The highest BCUT2D eigenvalue weighted by atomic mass is 16.4. The molecule has 0 radical (unpaired) electrons. The number of rotatable bonds is 6. The summed E-state index contributed by atoms with van der Waals surface area (Å²) < 4.78 is 0. The summed E-state index contributed by atoms with van der Waals surface area (Å²) in [5, 5.41) is 14.3. The van der Waals surface area contributed by atoms with Crippen molar-refractivity contribution in [2.45, 2.75) is 13.5 Å². The van der Waals surface area contributed by atoms with Gasteiger partial charge in [-0.15, -0.1) is 0 Å². The number of nitrogens with one attached hydrogen (secondary N) is 2. The molecule has 0 fully saturated rings. The fourth-order valence-electron chi connectivity index (χ4n) is 1.23. The van der Waals surface area contributed by atoms with Crippen LogP contribution < -0.4 is 10.6 Å². The van der Waals surface area contributed by atoms with Gasteiger partial charge in [0.2, 0.25) is 5.91 Å². The molecule has 17 heavy (non-hydrogen) atoms. The number of carbonyl (C=O) groups excluding carboxylic acids is 1. The number of nitrogens with zero attached hydrogens (tertiary/aromatic N) is 2. The molecule has 0 aliphatic heterocycles. The summed E-state index contributed by atoms with van der Waals surface area (Å²) >= 11 is 0. The van der Waals surface area contributed by atoms with Crippen LogP contribution in [0.25, 0.3) is 0 Å². The zero-order valence-corrected chi connectivity index (χ0v) is 9.43. The lowest BCUT2D eigenvalue weighted by molar-refractivity contribution is -0.120. The van der Waals surface area contributed by atoms with Crippen molar-refractivity contribution in [2.24, 2.45) is 0 Å². The molecule has 1 aromatic rings. The summed E-state index contributed by atoms with van der Waals surface area (Å²) in [4.78, 5) is 29.5. The Kier molecular flexibility index (Phi) is 5.02. The number of likely N-dealkylation sites (N-methyl/N-ethyl adjacent to an activating group) is 1. The van der Waals surface area contributed by atoms with Gasteiger partial charge >= 0.3 is 5.97 Å². The number of aromatic carboxylic acids is 1. The Morgan fingerprint density at radius 1 is 1.47 bits per heavy atom. The maximum Gasteiger partial charge on any atom is 0.339 e. The van der Waals surface area contributed by atoms with Crippen LogP contribution in [0.4, 0.5) is 0 Å². The van der Waals surface area contributed by atoms with Crippen LogP contribution in [-0.2, 0) is 11.3 Å². The van der Waals surface area contributed by atoms with Crippen molar-refractivity contribution in [1.29, 1.82) is 0 Å². The molecular weight excluding hydrogens is 224 g/mol. The molecule has 3 N–H and O–H groups in total. The van der Waals surface area contributed by atoms with Gasteiger partial charge in [-0.1, -0.05) is 0 Å². The fraction of sp³-hybridized carbons (Fsp3) is 0.400. The van der Waals surface area contributed by atoms with E-state index in [9.17, 15) is 9.59 Å². The summed E-state index contributed by atoms with van der Waals surface area (Å²) in [5.74, 6) is -1.22. The lowest BCUT2D eigenvalue weighted by Gasteiger charge is -2.06. The van der Waals surface area contributed by atoms with E-state index < -0.39 is 5.97 Å². The van der Waals surface area contributed by atoms with Crippen molar-refractivity contribution in [3.8, 4) is 0 Å². The molecule has 0 aliphatic carbocycles. The maximum absolute atomic E-state index is 11.1. The number of carboxylic acid groups (broad SMARTS) is 1. The molecule has 1 aromatic heterocycles. The highest BCUT2D eigenvalue weighted by Crippen LogP contribution is 2.02. The summed E-state index contributed by atoms with van der Waals surface area (Å²) in [6.07, 6.45) is 2.51. The molecule has 0 aromatic carbocycles. The topological polar surface area (TPSA) is 104 Å². The van der Waals surface area contributed by atoms with Gasteiger partial charge in [0, 0.05) is 19.3 Å².